The maximum atomic E-state index is 12.5. The number of hydrogen-bond acceptors (Lipinski definition) is 4. The first-order valence-corrected chi connectivity index (χ1v) is 10.2. The zero-order valence-corrected chi connectivity index (χ0v) is 16.5. The number of nitrogens with zero attached hydrogens (tertiary/aromatic N) is 3. The van der Waals surface area contributed by atoms with Crippen LogP contribution in [0, 0.1) is 5.92 Å². The fraction of sp³-hybridized carbons (Fsp3) is 0.476. The van der Waals surface area contributed by atoms with E-state index in [0.29, 0.717) is 55.7 Å². The Hall–Kier alpha value is -2.34. The molecule has 6 nitrogen and oxygen atoms in total. The summed E-state index contributed by atoms with van der Waals surface area (Å²) >= 11 is 5.90. The quantitative estimate of drug-likeness (QED) is 0.770. The normalized spacial score (nSPS) is 17.5. The summed E-state index contributed by atoms with van der Waals surface area (Å²) in [6.45, 7) is 2.50. The number of rotatable bonds is 5. The van der Waals surface area contributed by atoms with Gasteiger partial charge in [-0.25, -0.2) is 4.98 Å². The van der Waals surface area contributed by atoms with Crippen LogP contribution >= 0.6 is 11.6 Å². The molecule has 1 aromatic carbocycles. The molecule has 7 heteroatoms. The van der Waals surface area contributed by atoms with Crippen molar-refractivity contribution in [1.29, 1.82) is 0 Å². The number of oxazole rings is 1. The third kappa shape index (κ3) is 4.22. The van der Waals surface area contributed by atoms with Crippen molar-refractivity contribution in [2.45, 2.75) is 32.1 Å². The van der Waals surface area contributed by atoms with E-state index < -0.39 is 0 Å². The molecule has 2 amide bonds. The van der Waals surface area contributed by atoms with E-state index in [4.69, 9.17) is 16.0 Å². The number of amides is 2. The molecule has 2 aromatic rings. The third-order valence-corrected chi connectivity index (χ3v) is 5.89. The fourth-order valence-corrected chi connectivity index (χ4v) is 3.76. The van der Waals surface area contributed by atoms with Crippen molar-refractivity contribution in [3.8, 4) is 11.3 Å². The Morgan fingerprint density at radius 1 is 1.07 bits per heavy atom. The Bertz CT molecular complexity index is 837. The van der Waals surface area contributed by atoms with Crippen LogP contribution in [0.25, 0.3) is 11.3 Å². The van der Waals surface area contributed by atoms with Gasteiger partial charge in [0.25, 0.3) is 0 Å². The summed E-state index contributed by atoms with van der Waals surface area (Å²) in [4.78, 5) is 32.8. The van der Waals surface area contributed by atoms with E-state index in [1.165, 1.54) is 0 Å². The fourth-order valence-electron chi connectivity index (χ4n) is 3.64. The van der Waals surface area contributed by atoms with E-state index >= 15 is 0 Å². The lowest BCUT2D eigenvalue weighted by Crippen LogP contribution is -2.52. The van der Waals surface area contributed by atoms with Crippen molar-refractivity contribution >= 4 is 23.4 Å². The van der Waals surface area contributed by atoms with Crippen LogP contribution in [0.1, 0.15) is 31.6 Å². The standard InChI is InChI=1S/C21H24ClN3O3/c22-17-6-4-15(5-7-17)18-14-23-19(28-18)8-9-20(26)24-10-12-25(13-11-24)21(27)16-2-1-3-16/h4-7,14,16H,1-3,8-13H2. The van der Waals surface area contributed by atoms with Crippen molar-refractivity contribution < 1.29 is 14.0 Å². The molecule has 1 saturated carbocycles. The minimum Gasteiger partial charge on any atom is -0.441 e. The lowest BCUT2D eigenvalue weighted by Gasteiger charge is -2.38. The summed E-state index contributed by atoms with van der Waals surface area (Å²) in [5.41, 5.74) is 0.904. The molecule has 148 valence electrons. The first kappa shape index (κ1) is 19.0. The highest BCUT2D eigenvalue weighted by molar-refractivity contribution is 6.30. The van der Waals surface area contributed by atoms with Crippen molar-refractivity contribution in [1.82, 2.24) is 14.8 Å². The Morgan fingerprint density at radius 2 is 1.75 bits per heavy atom. The van der Waals surface area contributed by atoms with Crippen LogP contribution in [0.3, 0.4) is 0 Å². The largest absolute Gasteiger partial charge is 0.441 e. The number of hydrogen-bond donors (Lipinski definition) is 0. The highest BCUT2D eigenvalue weighted by Gasteiger charge is 2.31. The molecule has 1 aliphatic heterocycles. The lowest BCUT2D eigenvalue weighted by atomic mass is 9.84. The lowest BCUT2D eigenvalue weighted by molar-refractivity contribution is -0.144. The second kappa shape index (κ2) is 8.35. The second-order valence-electron chi connectivity index (χ2n) is 7.46. The van der Waals surface area contributed by atoms with Crippen LogP contribution in [-0.2, 0) is 16.0 Å². The van der Waals surface area contributed by atoms with Gasteiger partial charge in [-0.15, -0.1) is 0 Å². The molecule has 28 heavy (non-hydrogen) atoms. The molecule has 2 aliphatic rings. The number of benzene rings is 1. The first-order valence-electron chi connectivity index (χ1n) is 9.87. The van der Waals surface area contributed by atoms with Gasteiger partial charge in [-0.1, -0.05) is 18.0 Å². The van der Waals surface area contributed by atoms with Crippen LogP contribution < -0.4 is 0 Å². The van der Waals surface area contributed by atoms with Crippen LogP contribution in [0.15, 0.2) is 34.9 Å². The van der Waals surface area contributed by atoms with Gasteiger partial charge >= 0.3 is 0 Å². The van der Waals surface area contributed by atoms with Gasteiger partial charge in [0.05, 0.1) is 6.20 Å². The van der Waals surface area contributed by atoms with Crippen molar-refractivity contribution in [2.24, 2.45) is 5.92 Å². The molecule has 0 radical (unpaired) electrons. The summed E-state index contributed by atoms with van der Waals surface area (Å²) in [5.74, 6) is 1.80. The van der Waals surface area contributed by atoms with E-state index in [2.05, 4.69) is 4.98 Å². The second-order valence-corrected chi connectivity index (χ2v) is 7.90. The van der Waals surface area contributed by atoms with Gasteiger partial charge in [0.1, 0.15) is 0 Å². The third-order valence-electron chi connectivity index (χ3n) is 5.63. The van der Waals surface area contributed by atoms with Gasteiger partial charge in [-0.05, 0) is 37.1 Å². The Balaban J connectivity index is 1.25. The van der Waals surface area contributed by atoms with Gasteiger partial charge in [0, 0.05) is 55.5 Å². The zero-order valence-electron chi connectivity index (χ0n) is 15.8. The van der Waals surface area contributed by atoms with Gasteiger partial charge in [0.2, 0.25) is 11.8 Å². The summed E-state index contributed by atoms with van der Waals surface area (Å²) in [6, 6.07) is 7.36. The number of halogens is 1. The number of aryl methyl sites for hydroxylation is 1. The number of piperazine rings is 1. The van der Waals surface area contributed by atoms with E-state index in [-0.39, 0.29) is 17.7 Å². The molecule has 0 bridgehead atoms. The van der Waals surface area contributed by atoms with Crippen LogP contribution in [0.5, 0.6) is 0 Å². The first-order chi connectivity index (χ1) is 13.6. The molecule has 4 rings (SSSR count). The molecule has 0 atom stereocenters. The Labute approximate surface area is 169 Å². The SMILES string of the molecule is O=C(CCc1ncc(-c2ccc(Cl)cc2)o1)N1CCN(C(=O)C2CCC2)CC1. The molecule has 0 spiro atoms. The van der Waals surface area contributed by atoms with Crippen LogP contribution in [0.4, 0.5) is 0 Å². The zero-order chi connectivity index (χ0) is 19.5. The van der Waals surface area contributed by atoms with E-state index in [1.54, 1.807) is 18.3 Å². The predicted octanol–water partition coefficient (Wildman–Crippen LogP) is 3.40. The monoisotopic (exact) mass is 401 g/mol. The summed E-state index contributed by atoms with van der Waals surface area (Å²) in [6.07, 6.45) is 5.70. The Kier molecular flexibility index (Phi) is 5.67. The molecular formula is C21H24ClN3O3. The number of aromatic nitrogens is 1. The van der Waals surface area contributed by atoms with Gasteiger partial charge in [-0.3, -0.25) is 9.59 Å². The topological polar surface area (TPSA) is 66.7 Å². The van der Waals surface area contributed by atoms with Gasteiger partial charge in [-0.2, -0.15) is 0 Å². The molecule has 1 aliphatic carbocycles. The summed E-state index contributed by atoms with van der Waals surface area (Å²) in [5, 5.41) is 0.670. The van der Waals surface area contributed by atoms with E-state index in [9.17, 15) is 9.59 Å². The van der Waals surface area contributed by atoms with Crippen molar-refractivity contribution in [3.63, 3.8) is 0 Å². The number of carbonyl (C=O) groups excluding carboxylic acids is 2. The smallest absolute Gasteiger partial charge is 0.225 e. The van der Waals surface area contributed by atoms with Gasteiger partial charge in [0.15, 0.2) is 11.7 Å². The average molecular weight is 402 g/mol. The van der Waals surface area contributed by atoms with E-state index in [0.717, 1.165) is 24.8 Å². The molecule has 2 fully saturated rings. The molecule has 0 N–H and O–H groups in total. The van der Waals surface area contributed by atoms with Crippen LogP contribution in [0.2, 0.25) is 5.02 Å². The minimum atomic E-state index is 0.0852. The molecule has 1 aromatic heterocycles. The van der Waals surface area contributed by atoms with Crippen molar-refractivity contribution in [3.05, 3.63) is 41.4 Å². The molecule has 1 saturated heterocycles. The van der Waals surface area contributed by atoms with Crippen molar-refractivity contribution in [2.75, 3.05) is 26.2 Å². The van der Waals surface area contributed by atoms with E-state index in [1.807, 2.05) is 21.9 Å². The molecule has 0 unspecified atom stereocenters. The summed E-state index contributed by atoms with van der Waals surface area (Å²) < 4.78 is 5.76. The molecule has 2 heterocycles. The summed E-state index contributed by atoms with van der Waals surface area (Å²) in [7, 11) is 0. The highest BCUT2D eigenvalue weighted by atomic mass is 35.5. The Morgan fingerprint density at radius 3 is 2.39 bits per heavy atom. The minimum absolute atomic E-state index is 0.0852. The highest BCUT2D eigenvalue weighted by Crippen LogP contribution is 2.28. The molecular weight excluding hydrogens is 378 g/mol. The predicted molar refractivity (Wildman–Crippen MR) is 106 cm³/mol. The van der Waals surface area contributed by atoms with Gasteiger partial charge < -0.3 is 14.2 Å². The number of carbonyl (C=O) groups is 2. The maximum Gasteiger partial charge on any atom is 0.225 e. The van der Waals surface area contributed by atoms with Crippen LogP contribution in [-0.4, -0.2) is 52.8 Å². The average Bonchev–Trinajstić information content (AvgIpc) is 3.14. The maximum absolute atomic E-state index is 12.5.